The molecule has 134 valence electrons. The van der Waals surface area contributed by atoms with Gasteiger partial charge in [0.15, 0.2) is 5.96 Å². The molecule has 1 aromatic heterocycles. The van der Waals surface area contributed by atoms with Crippen molar-refractivity contribution in [3.05, 3.63) is 60.1 Å². The standard InChI is InChI=1S/C20H27N3O2/c1-2-21-20(23-15-18-11-7-12-24-18)22-14-17-10-6-13-25-19(17)16-8-4-3-5-9-16/h3-5,7-9,11-12,17,19H,2,6,10,13-15H2,1H3,(H2,21,22,23). The van der Waals surface area contributed by atoms with Crippen LogP contribution in [0.15, 0.2) is 58.1 Å². The molecule has 0 spiro atoms. The number of furan rings is 1. The Morgan fingerprint density at radius 3 is 2.80 bits per heavy atom. The summed E-state index contributed by atoms with van der Waals surface area (Å²) in [5, 5.41) is 6.77. The summed E-state index contributed by atoms with van der Waals surface area (Å²) in [4.78, 5) is 4.60. The Balaban J connectivity index is 1.61. The lowest BCUT2D eigenvalue weighted by Gasteiger charge is -2.32. The molecule has 2 aromatic rings. The fraction of sp³-hybridized carbons (Fsp3) is 0.450. The Hall–Kier alpha value is -2.27. The van der Waals surface area contributed by atoms with Crippen molar-refractivity contribution in [1.82, 2.24) is 10.6 Å². The van der Waals surface area contributed by atoms with Gasteiger partial charge in [0, 0.05) is 25.6 Å². The van der Waals surface area contributed by atoms with Crippen molar-refractivity contribution < 1.29 is 9.15 Å². The molecule has 0 aliphatic carbocycles. The van der Waals surface area contributed by atoms with Crippen LogP contribution in [0.3, 0.4) is 0 Å². The third-order valence-electron chi connectivity index (χ3n) is 4.42. The van der Waals surface area contributed by atoms with Crippen LogP contribution in [0, 0.1) is 5.92 Å². The maximum atomic E-state index is 6.07. The molecule has 2 heterocycles. The molecular weight excluding hydrogens is 314 g/mol. The zero-order chi connectivity index (χ0) is 17.3. The van der Waals surface area contributed by atoms with Crippen LogP contribution in [0.1, 0.15) is 37.2 Å². The molecule has 0 radical (unpaired) electrons. The Kier molecular flexibility index (Phi) is 6.51. The van der Waals surface area contributed by atoms with E-state index in [0.717, 1.165) is 44.3 Å². The first-order valence-corrected chi connectivity index (χ1v) is 9.08. The number of benzene rings is 1. The van der Waals surface area contributed by atoms with Gasteiger partial charge in [-0.3, -0.25) is 0 Å². The van der Waals surface area contributed by atoms with Crippen molar-refractivity contribution in [3.8, 4) is 0 Å². The second kappa shape index (κ2) is 9.28. The predicted molar refractivity (Wildman–Crippen MR) is 99.4 cm³/mol. The van der Waals surface area contributed by atoms with Gasteiger partial charge in [-0.2, -0.15) is 0 Å². The van der Waals surface area contributed by atoms with Crippen molar-refractivity contribution in [2.75, 3.05) is 19.7 Å². The predicted octanol–water partition coefficient (Wildman–Crippen LogP) is 3.50. The van der Waals surface area contributed by atoms with Gasteiger partial charge in [0.2, 0.25) is 0 Å². The summed E-state index contributed by atoms with van der Waals surface area (Å²) in [6.45, 7) is 5.10. The summed E-state index contributed by atoms with van der Waals surface area (Å²) >= 11 is 0. The van der Waals surface area contributed by atoms with Crippen LogP contribution >= 0.6 is 0 Å². The summed E-state index contributed by atoms with van der Waals surface area (Å²) in [6.07, 6.45) is 4.09. The first-order chi connectivity index (χ1) is 12.4. The van der Waals surface area contributed by atoms with Crippen molar-refractivity contribution in [2.45, 2.75) is 32.4 Å². The van der Waals surface area contributed by atoms with Gasteiger partial charge in [-0.15, -0.1) is 0 Å². The number of nitrogens with one attached hydrogen (secondary N) is 2. The molecule has 2 atom stereocenters. The molecule has 1 aromatic carbocycles. The van der Waals surface area contributed by atoms with E-state index in [4.69, 9.17) is 9.15 Å². The fourth-order valence-corrected chi connectivity index (χ4v) is 3.19. The highest BCUT2D eigenvalue weighted by molar-refractivity contribution is 5.79. The lowest BCUT2D eigenvalue weighted by molar-refractivity contribution is -0.0265. The van der Waals surface area contributed by atoms with Crippen LogP contribution in [0.5, 0.6) is 0 Å². The van der Waals surface area contributed by atoms with E-state index in [1.165, 1.54) is 5.56 Å². The number of guanidine groups is 1. The molecule has 0 saturated carbocycles. The van der Waals surface area contributed by atoms with Crippen molar-refractivity contribution in [1.29, 1.82) is 0 Å². The molecule has 0 bridgehead atoms. The highest BCUT2D eigenvalue weighted by Gasteiger charge is 2.27. The molecule has 1 aliphatic rings. The van der Waals surface area contributed by atoms with Crippen LogP contribution in [0.2, 0.25) is 0 Å². The Labute approximate surface area is 149 Å². The minimum atomic E-state index is 0.149. The first-order valence-electron chi connectivity index (χ1n) is 9.08. The van der Waals surface area contributed by atoms with E-state index in [9.17, 15) is 0 Å². The summed E-state index contributed by atoms with van der Waals surface area (Å²) in [7, 11) is 0. The van der Waals surface area contributed by atoms with E-state index in [2.05, 4.69) is 46.8 Å². The van der Waals surface area contributed by atoms with Crippen LogP contribution < -0.4 is 10.6 Å². The molecule has 2 unspecified atom stereocenters. The van der Waals surface area contributed by atoms with Gasteiger partial charge in [0.25, 0.3) is 0 Å². The highest BCUT2D eigenvalue weighted by Crippen LogP contribution is 2.32. The van der Waals surface area contributed by atoms with Crippen LogP contribution in [0.25, 0.3) is 0 Å². The Morgan fingerprint density at radius 2 is 2.04 bits per heavy atom. The summed E-state index contributed by atoms with van der Waals surface area (Å²) in [6, 6.07) is 14.3. The molecular formula is C20H27N3O2. The van der Waals surface area contributed by atoms with Gasteiger partial charge in [-0.05, 0) is 37.5 Å². The average molecular weight is 341 g/mol. The summed E-state index contributed by atoms with van der Waals surface area (Å²) in [5.41, 5.74) is 1.26. The zero-order valence-electron chi connectivity index (χ0n) is 14.8. The SMILES string of the molecule is CCNC(=NCc1ccco1)NCC1CCCOC1c1ccccc1. The number of hydrogen-bond acceptors (Lipinski definition) is 3. The van der Waals surface area contributed by atoms with Crippen molar-refractivity contribution in [3.63, 3.8) is 0 Å². The molecule has 5 heteroatoms. The number of aliphatic imine (C=N–C) groups is 1. The minimum Gasteiger partial charge on any atom is -0.467 e. The lowest BCUT2D eigenvalue weighted by Crippen LogP contribution is -2.42. The average Bonchev–Trinajstić information content (AvgIpc) is 3.18. The molecule has 0 amide bonds. The van der Waals surface area contributed by atoms with Crippen molar-refractivity contribution >= 4 is 5.96 Å². The third kappa shape index (κ3) is 5.10. The first kappa shape index (κ1) is 17.5. The molecule has 2 N–H and O–H groups in total. The Morgan fingerprint density at radius 1 is 1.16 bits per heavy atom. The maximum absolute atomic E-state index is 6.07. The molecule has 1 fully saturated rings. The second-order valence-corrected chi connectivity index (χ2v) is 6.26. The van der Waals surface area contributed by atoms with E-state index >= 15 is 0 Å². The summed E-state index contributed by atoms with van der Waals surface area (Å²) in [5.74, 6) is 2.11. The molecule has 5 nitrogen and oxygen atoms in total. The molecule has 1 aliphatic heterocycles. The minimum absolute atomic E-state index is 0.149. The van der Waals surface area contributed by atoms with Crippen molar-refractivity contribution in [2.24, 2.45) is 10.9 Å². The number of hydrogen-bond donors (Lipinski definition) is 2. The van der Waals surface area contributed by atoms with Gasteiger partial charge in [-0.1, -0.05) is 30.3 Å². The van der Waals surface area contributed by atoms with E-state index < -0.39 is 0 Å². The quantitative estimate of drug-likeness (QED) is 0.624. The van der Waals surface area contributed by atoms with E-state index in [0.29, 0.717) is 12.5 Å². The van der Waals surface area contributed by atoms with Crippen LogP contribution in [-0.2, 0) is 11.3 Å². The van der Waals surface area contributed by atoms with E-state index in [1.807, 2.05) is 18.2 Å². The molecule has 1 saturated heterocycles. The fourth-order valence-electron chi connectivity index (χ4n) is 3.19. The topological polar surface area (TPSA) is 58.8 Å². The largest absolute Gasteiger partial charge is 0.467 e. The van der Waals surface area contributed by atoms with Gasteiger partial charge in [0.1, 0.15) is 12.3 Å². The number of rotatable bonds is 6. The van der Waals surface area contributed by atoms with E-state index in [1.54, 1.807) is 6.26 Å². The Bertz CT molecular complexity index is 640. The van der Waals surface area contributed by atoms with Gasteiger partial charge in [-0.25, -0.2) is 4.99 Å². The third-order valence-corrected chi connectivity index (χ3v) is 4.42. The lowest BCUT2D eigenvalue weighted by atomic mass is 9.89. The number of nitrogens with zero attached hydrogens (tertiary/aromatic N) is 1. The zero-order valence-corrected chi connectivity index (χ0v) is 14.8. The van der Waals surface area contributed by atoms with Gasteiger partial charge < -0.3 is 19.8 Å². The highest BCUT2D eigenvalue weighted by atomic mass is 16.5. The second-order valence-electron chi connectivity index (χ2n) is 6.26. The van der Waals surface area contributed by atoms with Crippen LogP contribution in [-0.4, -0.2) is 25.7 Å². The molecule has 25 heavy (non-hydrogen) atoms. The van der Waals surface area contributed by atoms with Crippen LogP contribution in [0.4, 0.5) is 0 Å². The maximum Gasteiger partial charge on any atom is 0.191 e. The molecule has 3 rings (SSSR count). The summed E-state index contributed by atoms with van der Waals surface area (Å²) < 4.78 is 11.4. The normalized spacial score (nSPS) is 21.1. The monoisotopic (exact) mass is 341 g/mol. The smallest absolute Gasteiger partial charge is 0.191 e. The van der Waals surface area contributed by atoms with Gasteiger partial charge >= 0.3 is 0 Å². The number of ether oxygens (including phenoxy) is 1. The van der Waals surface area contributed by atoms with E-state index in [-0.39, 0.29) is 6.10 Å². The van der Waals surface area contributed by atoms with Gasteiger partial charge in [0.05, 0.1) is 12.4 Å².